The van der Waals surface area contributed by atoms with E-state index in [9.17, 15) is 9.59 Å². The number of rotatable bonds is 0. The van der Waals surface area contributed by atoms with Gasteiger partial charge in [0.15, 0.2) is 0 Å². The molecule has 0 aromatic carbocycles. The molecule has 1 saturated heterocycles. The molecule has 1 fully saturated rings. The highest BCUT2D eigenvalue weighted by atomic mass is 16.2. The number of carbonyl (C=O) groups excluding carboxylic acids is 2. The van der Waals surface area contributed by atoms with E-state index < -0.39 is 29.6 Å². The third kappa shape index (κ3) is 1.36. The number of amides is 2. The first-order valence-corrected chi connectivity index (χ1v) is 3.75. The molecular weight excluding hydrogens is 170 g/mol. The van der Waals surface area contributed by atoms with Crippen LogP contribution in [0.4, 0.5) is 0 Å². The van der Waals surface area contributed by atoms with Gasteiger partial charge in [-0.3, -0.25) is 14.9 Å². The number of hydrogen-bond acceptors (Lipinski definition) is 4. The van der Waals surface area contributed by atoms with Crippen LogP contribution in [0.1, 0.15) is 6.92 Å². The van der Waals surface area contributed by atoms with Crippen molar-refractivity contribution in [2.24, 2.45) is 17.8 Å². The van der Waals surface area contributed by atoms with Crippen LogP contribution in [0.3, 0.4) is 0 Å². The quantitative estimate of drug-likeness (QED) is 0.507. The summed E-state index contributed by atoms with van der Waals surface area (Å²) in [4.78, 5) is 22.1. The van der Waals surface area contributed by atoms with Gasteiger partial charge in [0.1, 0.15) is 11.8 Å². The van der Waals surface area contributed by atoms with Crippen molar-refractivity contribution in [2.45, 2.75) is 6.92 Å². The van der Waals surface area contributed by atoms with Crippen molar-refractivity contribution >= 4 is 11.8 Å². The lowest BCUT2D eigenvalue weighted by Gasteiger charge is -2.25. The lowest BCUT2D eigenvalue weighted by Crippen LogP contribution is -2.50. The van der Waals surface area contributed by atoms with Crippen molar-refractivity contribution in [3.05, 3.63) is 0 Å². The van der Waals surface area contributed by atoms with E-state index in [-0.39, 0.29) is 0 Å². The maximum Gasteiger partial charge on any atom is 0.244 e. The minimum absolute atomic E-state index is 0.531. The normalized spacial score (nSPS) is 33.0. The highest BCUT2D eigenvalue weighted by Crippen LogP contribution is 2.24. The summed E-state index contributed by atoms with van der Waals surface area (Å²) in [7, 11) is 0. The van der Waals surface area contributed by atoms with E-state index in [2.05, 4.69) is 0 Å². The predicted molar refractivity (Wildman–Crippen MR) is 40.5 cm³/mol. The van der Waals surface area contributed by atoms with Gasteiger partial charge in [-0.2, -0.15) is 10.5 Å². The maximum absolute atomic E-state index is 11.0. The SMILES string of the molecule is CC1C(C#N)C(=O)NC(=O)C1C#N. The Morgan fingerprint density at radius 1 is 1.15 bits per heavy atom. The summed E-state index contributed by atoms with van der Waals surface area (Å²) in [5, 5.41) is 19.2. The number of nitrogens with zero attached hydrogens (tertiary/aromatic N) is 2. The number of hydrogen-bond donors (Lipinski definition) is 1. The van der Waals surface area contributed by atoms with E-state index in [0.29, 0.717) is 0 Å². The summed E-state index contributed by atoms with van der Waals surface area (Å²) in [6, 6.07) is 3.55. The molecule has 66 valence electrons. The zero-order chi connectivity index (χ0) is 10.0. The van der Waals surface area contributed by atoms with Crippen molar-refractivity contribution in [1.29, 1.82) is 10.5 Å². The molecule has 13 heavy (non-hydrogen) atoms. The Labute approximate surface area is 74.9 Å². The number of nitrogens with one attached hydrogen (secondary N) is 1. The second kappa shape index (κ2) is 3.24. The molecule has 0 aliphatic carbocycles. The molecule has 1 rings (SSSR count). The van der Waals surface area contributed by atoms with Crippen molar-refractivity contribution in [3.8, 4) is 12.1 Å². The van der Waals surface area contributed by atoms with Crippen LogP contribution in [0.2, 0.25) is 0 Å². The third-order valence-corrected chi connectivity index (χ3v) is 2.14. The van der Waals surface area contributed by atoms with Gasteiger partial charge in [-0.25, -0.2) is 0 Å². The molecule has 1 N–H and O–H groups in total. The summed E-state index contributed by atoms with van der Waals surface area (Å²) < 4.78 is 0. The molecule has 1 aliphatic heterocycles. The fraction of sp³-hybridized carbons (Fsp3) is 0.500. The molecule has 0 aromatic heterocycles. The lowest BCUT2D eigenvalue weighted by molar-refractivity contribution is -0.139. The molecule has 2 unspecified atom stereocenters. The van der Waals surface area contributed by atoms with Gasteiger partial charge in [-0.1, -0.05) is 6.92 Å². The molecule has 0 saturated carbocycles. The van der Waals surface area contributed by atoms with Gasteiger partial charge in [0, 0.05) is 5.92 Å². The van der Waals surface area contributed by atoms with Crippen molar-refractivity contribution in [1.82, 2.24) is 5.32 Å². The molecule has 1 heterocycles. The molecule has 5 nitrogen and oxygen atoms in total. The topological polar surface area (TPSA) is 93.8 Å². The van der Waals surface area contributed by atoms with Crippen LogP contribution in [0, 0.1) is 40.4 Å². The van der Waals surface area contributed by atoms with Crippen LogP contribution in [0.25, 0.3) is 0 Å². The Kier molecular flexibility index (Phi) is 2.29. The van der Waals surface area contributed by atoms with Gasteiger partial charge >= 0.3 is 0 Å². The molecule has 2 amide bonds. The summed E-state index contributed by atoms with van der Waals surface area (Å²) >= 11 is 0. The van der Waals surface area contributed by atoms with E-state index in [1.807, 2.05) is 5.32 Å². The van der Waals surface area contributed by atoms with E-state index in [4.69, 9.17) is 10.5 Å². The lowest BCUT2D eigenvalue weighted by atomic mass is 9.80. The van der Waals surface area contributed by atoms with Crippen LogP contribution >= 0.6 is 0 Å². The fourth-order valence-corrected chi connectivity index (χ4v) is 1.30. The predicted octanol–water partition coefficient (Wildman–Crippen LogP) is -0.442. The molecule has 0 spiro atoms. The van der Waals surface area contributed by atoms with Crippen molar-refractivity contribution in [3.63, 3.8) is 0 Å². The zero-order valence-corrected chi connectivity index (χ0v) is 6.94. The second-order valence-electron chi connectivity index (χ2n) is 2.93. The van der Waals surface area contributed by atoms with Crippen LogP contribution in [-0.2, 0) is 9.59 Å². The summed E-state index contributed by atoms with van der Waals surface area (Å²) in [6.07, 6.45) is 0. The van der Waals surface area contributed by atoms with E-state index in [0.717, 1.165) is 0 Å². The largest absolute Gasteiger partial charge is 0.294 e. The smallest absolute Gasteiger partial charge is 0.244 e. The van der Waals surface area contributed by atoms with Gasteiger partial charge in [0.2, 0.25) is 11.8 Å². The monoisotopic (exact) mass is 177 g/mol. The minimum atomic E-state index is -0.901. The number of piperidine rings is 1. The highest BCUT2D eigenvalue weighted by molar-refractivity contribution is 6.02. The number of imide groups is 1. The standard InChI is InChI=1S/C8H7N3O2/c1-4-5(2-9)7(12)11-8(13)6(4)3-10/h4-6H,1H3,(H,11,12,13). The van der Waals surface area contributed by atoms with E-state index >= 15 is 0 Å². The molecule has 2 atom stereocenters. The average Bonchev–Trinajstić information content (AvgIpc) is 2.04. The van der Waals surface area contributed by atoms with Crippen LogP contribution in [-0.4, -0.2) is 11.8 Å². The zero-order valence-electron chi connectivity index (χ0n) is 6.94. The van der Waals surface area contributed by atoms with Gasteiger partial charge in [0.25, 0.3) is 0 Å². The molecule has 0 aromatic rings. The van der Waals surface area contributed by atoms with E-state index in [1.54, 1.807) is 19.1 Å². The second-order valence-corrected chi connectivity index (χ2v) is 2.93. The van der Waals surface area contributed by atoms with Crippen molar-refractivity contribution in [2.75, 3.05) is 0 Å². The van der Waals surface area contributed by atoms with Crippen molar-refractivity contribution < 1.29 is 9.59 Å². The average molecular weight is 177 g/mol. The van der Waals surface area contributed by atoms with Crippen LogP contribution < -0.4 is 5.32 Å². The Morgan fingerprint density at radius 2 is 1.54 bits per heavy atom. The maximum atomic E-state index is 11.0. The summed E-state index contributed by atoms with van der Waals surface area (Å²) in [6.45, 7) is 1.55. The molecule has 0 radical (unpaired) electrons. The Balaban J connectivity index is 2.97. The minimum Gasteiger partial charge on any atom is -0.294 e. The number of nitriles is 2. The summed E-state index contributed by atoms with van der Waals surface area (Å²) in [5.74, 6) is -3.54. The Morgan fingerprint density at radius 3 is 1.85 bits per heavy atom. The van der Waals surface area contributed by atoms with Gasteiger partial charge in [0.05, 0.1) is 12.1 Å². The fourth-order valence-electron chi connectivity index (χ4n) is 1.30. The third-order valence-electron chi connectivity index (χ3n) is 2.14. The van der Waals surface area contributed by atoms with Crippen LogP contribution in [0.5, 0.6) is 0 Å². The summed E-state index contributed by atoms with van der Waals surface area (Å²) in [5.41, 5.74) is 0. The van der Waals surface area contributed by atoms with Gasteiger partial charge in [-0.05, 0) is 0 Å². The Bertz CT molecular complexity index is 304. The van der Waals surface area contributed by atoms with E-state index in [1.165, 1.54) is 0 Å². The molecule has 1 aliphatic rings. The highest BCUT2D eigenvalue weighted by Gasteiger charge is 2.41. The first-order chi connectivity index (χ1) is 6.11. The Hall–Kier alpha value is -1.88. The van der Waals surface area contributed by atoms with Gasteiger partial charge < -0.3 is 0 Å². The molecular formula is C8H7N3O2. The van der Waals surface area contributed by atoms with Gasteiger partial charge in [-0.15, -0.1) is 0 Å². The first kappa shape index (κ1) is 9.21. The first-order valence-electron chi connectivity index (χ1n) is 3.75. The molecule has 5 heteroatoms. The number of carbonyl (C=O) groups is 2. The van der Waals surface area contributed by atoms with Crippen LogP contribution in [0.15, 0.2) is 0 Å². The molecule has 0 bridgehead atoms.